The van der Waals surface area contributed by atoms with E-state index in [0.717, 1.165) is 4.31 Å². The van der Waals surface area contributed by atoms with Gasteiger partial charge in [0, 0.05) is 13.0 Å². The SMILES string of the molecule is COc1ccc(S(=O)(=O)N2Cc3cc(O)c(O)cc3C[C@@H]2C(=O)O)cc1. The molecule has 2 aromatic rings. The van der Waals surface area contributed by atoms with Crippen LogP contribution >= 0.6 is 0 Å². The van der Waals surface area contributed by atoms with Gasteiger partial charge in [-0.25, -0.2) is 8.42 Å². The number of sulfonamides is 1. The molecule has 1 aliphatic heterocycles. The first-order chi connectivity index (χ1) is 12.2. The molecule has 0 fully saturated rings. The van der Waals surface area contributed by atoms with Gasteiger partial charge in [0.15, 0.2) is 11.5 Å². The van der Waals surface area contributed by atoms with Crippen LogP contribution in [0.25, 0.3) is 0 Å². The molecule has 3 rings (SSSR count). The van der Waals surface area contributed by atoms with E-state index in [1.54, 1.807) is 0 Å². The minimum Gasteiger partial charge on any atom is -0.504 e. The summed E-state index contributed by atoms with van der Waals surface area (Å²) >= 11 is 0. The quantitative estimate of drug-likeness (QED) is 0.684. The lowest BCUT2D eigenvalue weighted by Crippen LogP contribution is -2.48. The van der Waals surface area contributed by atoms with Crippen molar-refractivity contribution in [3.05, 3.63) is 47.5 Å². The highest BCUT2D eigenvalue weighted by atomic mass is 32.2. The van der Waals surface area contributed by atoms with Gasteiger partial charge in [-0.2, -0.15) is 4.31 Å². The highest BCUT2D eigenvalue weighted by Gasteiger charge is 2.40. The summed E-state index contributed by atoms with van der Waals surface area (Å²) in [5, 5.41) is 28.8. The van der Waals surface area contributed by atoms with Gasteiger partial charge in [0.1, 0.15) is 11.8 Å². The zero-order valence-corrected chi connectivity index (χ0v) is 14.6. The van der Waals surface area contributed by atoms with E-state index in [1.165, 1.54) is 43.5 Å². The lowest BCUT2D eigenvalue weighted by atomic mass is 9.95. The van der Waals surface area contributed by atoms with Gasteiger partial charge in [-0.05, 0) is 47.5 Å². The summed E-state index contributed by atoms with van der Waals surface area (Å²) in [7, 11) is -2.64. The highest BCUT2D eigenvalue weighted by Crippen LogP contribution is 2.35. The molecule has 8 nitrogen and oxygen atoms in total. The molecule has 3 N–H and O–H groups in total. The molecule has 0 spiro atoms. The Hall–Kier alpha value is -2.78. The maximum absolute atomic E-state index is 13.0. The molecule has 0 saturated heterocycles. The van der Waals surface area contributed by atoms with E-state index in [1.807, 2.05) is 0 Å². The van der Waals surface area contributed by atoms with Crippen LogP contribution in [0.5, 0.6) is 17.2 Å². The molecule has 1 heterocycles. The van der Waals surface area contributed by atoms with Crippen LogP contribution in [-0.4, -0.2) is 47.2 Å². The Morgan fingerprint density at radius 2 is 1.69 bits per heavy atom. The largest absolute Gasteiger partial charge is 0.504 e. The predicted molar refractivity (Wildman–Crippen MR) is 90.6 cm³/mol. The number of carboxylic acids is 1. The van der Waals surface area contributed by atoms with Crippen LogP contribution < -0.4 is 4.74 Å². The minimum absolute atomic E-state index is 0.0593. The third kappa shape index (κ3) is 3.06. The molecule has 0 bridgehead atoms. The van der Waals surface area contributed by atoms with E-state index in [2.05, 4.69) is 0 Å². The number of hydrogen-bond donors (Lipinski definition) is 3. The maximum atomic E-state index is 13.0. The van der Waals surface area contributed by atoms with Crippen LogP contribution in [0.1, 0.15) is 11.1 Å². The standard InChI is InChI=1S/C17H17NO7S/c1-25-12-2-4-13(5-3-12)26(23,24)18-9-11-8-16(20)15(19)7-10(11)6-14(18)17(21)22/h2-5,7-8,14,19-20H,6,9H2,1H3,(H,21,22)/t14-/m1/s1. The first-order valence-electron chi connectivity index (χ1n) is 7.66. The first kappa shape index (κ1) is 18.0. The van der Waals surface area contributed by atoms with Crippen molar-refractivity contribution in [2.24, 2.45) is 0 Å². The topological polar surface area (TPSA) is 124 Å². The molecular weight excluding hydrogens is 362 g/mol. The van der Waals surface area contributed by atoms with Crippen molar-refractivity contribution in [3.63, 3.8) is 0 Å². The fraction of sp³-hybridized carbons (Fsp3) is 0.235. The molecular formula is C17H17NO7S. The van der Waals surface area contributed by atoms with Gasteiger partial charge in [-0.1, -0.05) is 0 Å². The fourth-order valence-corrected chi connectivity index (χ4v) is 4.49. The van der Waals surface area contributed by atoms with E-state index in [0.29, 0.717) is 16.9 Å². The van der Waals surface area contributed by atoms with Crippen molar-refractivity contribution in [2.45, 2.75) is 23.9 Å². The summed E-state index contributed by atoms with van der Waals surface area (Å²) in [4.78, 5) is 11.6. The van der Waals surface area contributed by atoms with Gasteiger partial charge in [0.05, 0.1) is 12.0 Å². The van der Waals surface area contributed by atoms with Crippen LogP contribution in [-0.2, 0) is 27.8 Å². The first-order valence-corrected chi connectivity index (χ1v) is 9.10. The molecule has 1 atom stereocenters. The number of aliphatic carboxylic acids is 1. The summed E-state index contributed by atoms with van der Waals surface area (Å²) in [6.07, 6.45) is -0.117. The molecule has 0 saturated carbocycles. The molecule has 0 unspecified atom stereocenters. The van der Waals surface area contributed by atoms with Gasteiger partial charge in [-0.15, -0.1) is 0 Å². The van der Waals surface area contributed by atoms with Crippen LogP contribution in [0.3, 0.4) is 0 Å². The number of benzene rings is 2. The Labute approximate surface area is 149 Å². The third-order valence-electron chi connectivity index (χ3n) is 4.33. The number of fused-ring (bicyclic) bond motifs is 1. The molecule has 2 aromatic carbocycles. The summed E-state index contributed by atoms with van der Waals surface area (Å²) in [6, 6.07) is 6.83. The smallest absolute Gasteiger partial charge is 0.322 e. The third-order valence-corrected chi connectivity index (χ3v) is 6.20. The second kappa shape index (κ2) is 6.50. The number of phenolic OH excluding ortho intramolecular Hbond substituents is 2. The van der Waals surface area contributed by atoms with E-state index in [-0.39, 0.29) is 29.4 Å². The van der Waals surface area contributed by atoms with Gasteiger partial charge in [0.25, 0.3) is 0 Å². The molecule has 0 amide bonds. The molecule has 26 heavy (non-hydrogen) atoms. The fourth-order valence-electron chi connectivity index (χ4n) is 2.93. The van der Waals surface area contributed by atoms with E-state index >= 15 is 0 Å². The minimum atomic E-state index is -4.09. The number of ether oxygens (including phenoxy) is 1. The summed E-state index contributed by atoms with van der Waals surface area (Å²) in [6.45, 7) is -0.228. The molecule has 9 heteroatoms. The van der Waals surface area contributed by atoms with E-state index in [9.17, 15) is 28.5 Å². The molecule has 0 aromatic heterocycles. The highest BCUT2D eigenvalue weighted by molar-refractivity contribution is 7.89. The summed E-state index contributed by atoms with van der Waals surface area (Å²) in [5.74, 6) is -1.58. The van der Waals surface area contributed by atoms with Crippen molar-refractivity contribution < 1.29 is 33.3 Å². The summed E-state index contributed by atoms with van der Waals surface area (Å²) in [5.41, 5.74) is 0.920. The maximum Gasteiger partial charge on any atom is 0.322 e. The average molecular weight is 379 g/mol. The number of carboxylic acid groups (broad SMARTS) is 1. The Kier molecular flexibility index (Phi) is 4.51. The zero-order valence-electron chi connectivity index (χ0n) is 13.8. The molecule has 0 radical (unpaired) electrons. The molecule has 0 aliphatic carbocycles. The normalized spacial score (nSPS) is 17.5. The van der Waals surface area contributed by atoms with Crippen LogP contribution in [0.4, 0.5) is 0 Å². The van der Waals surface area contributed by atoms with Gasteiger partial charge in [0.2, 0.25) is 10.0 Å². The number of carbonyl (C=O) groups is 1. The lowest BCUT2D eigenvalue weighted by Gasteiger charge is -2.33. The average Bonchev–Trinajstić information content (AvgIpc) is 2.61. The van der Waals surface area contributed by atoms with Crippen molar-refractivity contribution in [2.75, 3.05) is 7.11 Å². The number of methoxy groups -OCH3 is 1. The number of phenols is 2. The van der Waals surface area contributed by atoms with Crippen LogP contribution in [0.15, 0.2) is 41.3 Å². The second-order valence-electron chi connectivity index (χ2n) is 5.89. The van der Waals surface area contributed by atoms with Crippen molar-refractivity contribution in [1.29, 1.82) is 0 Å². The van der Waals surface area contributed by atoms with Gasteiger partial charge in [-0.3, -0.25) is 4.79 Å². The van der Waals surface area contributed by atoms with Crippen LogP contribution in [0.2, 0.25) is 0 Å². The van der Waals surface area contributed by atoms with Crippen molar-refractivity contribution in [3.8, 4) is 17.2 Å². The number of aromatic hydroxyl groups is 2. The van der Waals surface area contributed by atoms with Gasteiger partial charge < -0.3 is 20.1 Å². The monoisotopic (exact) mass is 379 g/mol. The Morgan fingerprint density at radius 3 is 2.23 bits per heavy atom. The predicted octanol–water partition coefficient (Wildman–Crippen LogP) is 1.31. The lowest BCUT2D eigenvalue weighted by molar-refractivity contribution is -0.141. The summed E-state index contributed by atoms with van der Waals surface area (Å²) < 4.78 is 31.8. The zero-order chi connectivity index (χ0) is 19.1. The van der Waals surface area contributed by atoms with Crippen molar-refractivity contribution in [1.82, 2.24) is 4.31 Å². The van der Waals surface area contributed by atoms with E-state index < -0.39 is 22.0 Å². The Bertz CT molecular complexity index is 954. The number of hydrogen-bond acceptors (Lipinski definition) is 6. The van der Waals surface area contributed by atoms with Crippen LogP contribution in [0, 0.1) is 0 Å². The molecule has 1 aliphatic rings. The number of rotatable bonds is 4. The second-order valence-corrected chi connectivity index (χ2v) is 7.78. The number of nitrogens with zero attached hydrogens (tertiary/aromatic N) is 1. The Balaban J connectivity index is 2.05. The van der Waals surface area contributed by atoms with E-state index in [4.69, 9.17) is 4.74 Å². The van der Waals surface area contributed by atoms with Gasteiger partial charge >= 0.3 is 5.97 Å². The molecule has 138 valence electrons. The van der Waals surface area contributed by atoms with Crippen molar-refractivity contribution >= 4 is 16.0 Å². The Morgan fingerprint density at radius 1 is 1.12 bits per heavy atom.